The minimum Gasteiger partial charge on any atom is -0.346 e. The van der Waals surface area contributed by atoms with Gasteiger partial charge in [0.2, 0.25) is 0 Å². The summed E-state index contributed by atoms with van der Waals surface area (Å²) in [6, 6.07) is 0. The topological polar surface area (TPSA) is 28.0 Å². The third kappa shape index (κ3) is 11.2. The van der Waals surface area contributed by atoms with E-state index in [1.54, 1.807) is 6.92 Å². The van der Waals surface area contributed by atoms with Crippen LogP contribution in [0.3, 0.4) is 0 Å². The number of rotatable bonds is 4. The predicted molar refractivity (Wildman–Crippen MR) is 115 cm³/mol. The van der Waals surface area contributed by atoms with Crippen molar-refractivity contribution in [3.05, 3.63) is 0 Å². The maximum Gasteiger partial charge on any atom is 0.177 e. The van der Waals surface area contributed by atoms with Crippen LogP contribution in [0.5, 0.6) is 0 Å². The highest BCUT2D eigenvalue weighted by atomic mass is 15.2. The Morgan fingerprint density at radius 3 is 1.93 bits per heavy atom. The molecule has 0 amide bonds. The fourth-order valence-corrected chi connectivity index (χ4v) is 1.74. The number of aliphatic imine (C=N–C) groups is 2. The van der Waals surface area contributed by atoms with Crippen LogP contribution in [-0.2, 0) is 0 Å². The van der Waals surface area contributed by atoms with Crippen LogP contribution in [0.1, 0.15) is 20.3 Å². The van der Waals surface area contributed by atoms with Gasteiger partial charge in [0.1, 0.15) is 0 Å². The summed E-state index contributed by atoms with van der Waals surface area (Å²) in [6.45, 7) is 6.97. The third-order valence-corrected chi connectivity index (χ3v) is 2.85. The van der Waals surface area contributed by atoms with Crippen LogP contribution in [0.15, 0.2) is 9.98 Å². The van der Waals surface area contributed by atoms with E-state index < -0.39 is 0 Å². The number of nitrogens with zero attached hydrogens (tertiary/aromatic N) is 3. The second-order valence-electron chi connectivity index (χ2n) is 4.81. The molecule has 0 aromatic rings. The zero-order chi connectivity index (χ0) is 20.1. The number of hydrogen-bond acceptors (Lipinski definition) is 3. The molecule has 1 aliphatic rings. The zero-order valence-corrected chi connectivity index (χ0v) is 16.0. The molecule has 28 heavy (non-hydrogen) atoms. The smallest absolute Gasteiger partial charge is 0.177 e. The Labute approximate surface area is 168 Å². The molecule has 0 saturated heterocycles. The molecule has 3 nitrogen and oxygen atoms in total. The predicted octanol–water partition coefficient (Wildman–Crippen LogP) is 1.23. The van der Waals surface area contributed by atoms with Crippen molar-refractivity contribution in [2.75, 3.05) is 26.2 Å². The lowest BCUT2D eigenvalue weighted by Crippen LogP contribution is -2.29. The summed E-state index contributed by atoms with van der Waals surface area (Å²) >= 11 is 0. The van der Waals surface area contributed by atoms with E-state index in [0.29, 0.717) is 0 Å². The summed E-state index contributed by atoms with van der Waals surface area (Å²) in [4.78, 5) is 10.8. The van der Waals surface area contributed by atoms with Crippen molar-refractivity contribution in [3.8, 4) is 94.7 Å². The highest BCUT2D eigenvalue weighted by Crippen LogP contribution is 2.00. The molecular formula is C25H17N3. The van der Waals surface area contributed by atoms with Gasteiger partial charge in [0.25, 0.3) is 0 Å². The molecule has 0 aromatic carbocycles. The molecule has 0 unspecified atom stereocenters. The second kappa shape index (κ2) is 16.1. The first-order valence-corrected chi connectivity index (χ1v) is 8.59. The molecular weight excluding hydrogens is 342 g/mol. The standard InChI is InChI=1S/C25H17N3/c1-3-5-6-7-8-9-10-11-12-13-14-15-16-17-18-19-25-27-22-24-28(25)23-21-26-20-4-2/h20H,4,21-24H2,1-2H3. The van der Waals surface area contributed by atoms with Gasteiger partial charge in [-0.25, -0.2) is 0 Å². The van der Waals surface area contributed by atoms with Gasteiger partial charge in [-0.1, -0.05) is 12.8 Å². The summed E-state index contributed by atoms with van der Waals surface area (Å²) in [7, 11) is 0. The number of hydrogen-bond donors (Lipinski definition) is 0. The average molecular weight is 359 g/mol. The first-order chi connectivity index (χ1) is 13.9. The van der Waals surface area contributed by atoms with E-state index in [0.717, 1.165) is 38.4 Å². The van der Waals surface area contributed by atoms with Crippen molar-refractivity contribution in [3.63, 3.8) is 0 Å². The van der Waals surface area contributed by atoms with Crippen LogP contribution in [0.4, 0.5) is 0 Å². The van der Waals surface area contributed by atoms with Crippen LogP contribution in [0, 0.1) is 94.7 Å². The molecule has 0 aromatic heterocycles. The maximum absolute atomic E-state index is 4.37. The van der Waals surface area contributed by atoms with Gasteiger partial charge in [0, 0.05) is 13.1 Å². The van der Waals surface area contributed by atoms with E-state index in [1.165, 1.54) is 0 Å². The van der Waals surface area contributed by atoms with Gasteiger partial charge >= 0.3 is 0 Å². The van der Waals surface area contributed by atoms with Gasteiger partial charge in [-0.2, -0.15) is 0 Å². The van der Waals surface area contributed by atoms with Crippen LogP contribution in [0.25, 0.3) is 0 Å². The highest BCUT2D eigenvalue weighted by molar-refractivity contribution is 6.00. The lowest BCUT2D eigenvalue weighted by atomic mass is 10.4. The van der Waals surface area contributed by atoms with E-state index in [9.17, 15) is 0 Å². The van der Waals surface area contributed by atoms with Crippen LogP contribution in [-0.4, -0.2) is 43.1 Å². The van der Waals surface area contributed by atoms with Crippen molar-refractivity contribution in [1.29, 1.82) is 0 Å². The molecule has 0 fully saturated rings. The van der Waals surface area contributed by atoms with Crippen LogP contribution >= 0.6 is 0 Å². The molecule has 3 heteroatoms. The van der Waals surface area contributed by atoms with E-state index in [1.807, 2.05) is 6.21 Å². The lowest BCUT2D eigenvalue weighted by molar-refractivity contribution is 0.472. The molecule has 0 spiro atoms. The normalized spacial score (nSPS) is 9.79. The van der Waals surface area contributed by atoms with Gasteiger partial charge < -0.3 is 4.90 Å². The maximum atomic E-state index is 4.37. The monoisotopic (exact) mass is 359 g/mol. The fourth-order valence-electron chi connectivity index (χ4n) is 1.74. The Bertz CT molecular complexity index is 1110. The number of amidine groups is 1. The molecule has 0 bridgehead atoms. The van der Waals surface area contributed by atoms with Crippen molar-refractivity contribution in [2.24, 2.45) is 9.98 Å². The van der Waals surface area contributed by atoms with Gasteiger partial charge in [0.05, 0.1) is 13.1 Å². The van der Waals surface area contributed by atoms with E-state index >= 15 is 0 Å². The first kappa shape index (κ1) is 21.7. The van der Waals surface area contributed by atoms with Gasteiger partial charge in [-0.05, 0) is 108 Å². The largest absolute Gasteiger partial charge is 0.346 e. The first-order valence-electron chi connectivity index (χ1n) is 8.59. The summed E-state index contributed by atoms with van der Waals surface area (Å²) in [6.07, 6.45) is 2.87. The lowest BCUT2D eigenvalue weighted by Gasteiger charge is -2.14. The Balaban J connectivity index is 2.45. The quantitative estimate of drug-likeness (QED) is 0.548. The zero-order valence-electron chi connectivity index (χ0n) is 16.0. The van der Waals surface area contributed by atoms with Gasteiger partial charge in [-0.15, -0.1) is 0 Å². The van der Waals surface area contributed by atoms with Crippen molar-refractivity contribution in [2.45, 2.75) is 20.3 Å². The van der Waals surface area contributed by atoms with Crippen molar-refractivity contribution < 1.29 is 0 Å². The van der Waals surface area contributed by atoms with E-state index in [4.69, 9.17) is 0 Å². The van der Waals surface area contributed by atoms with Crippen LogP contribution in [0.2, 0.25) is 0 Å². The fraction of sp³-hybridized carbons (Fsp3) is 0.280. The molecule has 0 atom stereocenters. The van der Waals surface area contributed by atoms with Crippen molar-refractivity contribution >= 4 is 12.1 Å². The van der Waals surface area contributed by atoms with E-state index in [-0.39, 0.29) is 0 Å². The van der Waals surface area contributed by atoms with E-state index in [2.05, 4.69) is 117 Å². The Kier molecular flexibility index (Phi) is 12.5. The molecule has 0 saturated carbocycles. The summed E-state index contributed by atoms with van der Waals surface area (Å²) in [5, 5.41) is 0. The summed E-state index contributed by atoms with van der Waals surface area (Å²) < 4.78 is 0. The minimum atomic E-state index is 0.750. The summed E-state index contributed by atoms with van der Waals surface area (Å²) in [5.41, 5.74) is 0. The highest BCUT2D eigenvalue weighted by Gasteiger charge is 2.13. The van der Waals surface area contributed by atoms with Gasteiger partial charge in [0.15, 0.2) is 5.84 Å². The Hall–Kier alpha value is -4.38. The molecule has 1 rings (SSSR count). The molecule has 1 aliphatic heterocycles. The molecule has 1 heterocycles. The Morgan fingerprint density at radius 1 is 0.857 bits per heavy atom. The average Bonchev–Trinajstić information content (AvgIpc) is 3.15. The van der Waals surface area contributed by atoms with Crippen molar-refractivity contribution in [1.82, 2.24) is 4.90 Å². The summed E-state index contributed by atoms with van der Waals surface area (Å²) in [5.74, 6) is 42.5. The molecule has 0 aliphatic carbocycles. The Morgan fingerprint density at radius 2 is 1.39 bits per heavy atom. The second-order valence-corrected chi connectivity index (χ2v) is 4.81. The SMILES string of the molecule is CC#CC#CC#CC#CC#CC#CC#CC#CC1=NCCN1CCN=CCC. The minimum absolute atomic E-state index is 0.750. The van der Waals surface area contributed by atoms with Crippen LogP contribution < -0.4 is 0 Å². The molecule has 0 radical (unpaired) electrons. The van der Waals surface area contributed by atoms with Gasteiger partial charge in [-0.3, -0.25) is 9.98 Å². The third-order valence-electron chi connectivity index (χ3n) is 2.85. The molecule has 132 valence electrons. The molecule has 0 N–H and O–H groups in total.